The summed E-state index contributed by atoms with van der Waals surface area (Å²) in [6.07, 6.45) is -2.05. The highest BCUT2D eigenvalue weighted by Gasteiger charge is 2.39. The summed E-state index contributed by atoms with van der Waals surface area (Å²) in [5.74, 6) is -1.18. The molecule has 3 amide bonds. The van der Waals surface area contributed by atoms with Gasteiger partial charge in [0, 0.05) is 37.3 Å². The number of nitriles is 1. The maximum absolute atomic E-state index is 13.4. The second-order valence-corrected chi connectivity index (χ2v) is 10.3. The predicted molar refractivity (Wildman–Crippen MR) is 136 cm³/mol. The van der Waals surface area contributed by atoms with Gasteiger partial charge in [-0.3, -0.25) is 19.3 Å². The van der Waals surface area contributed by atoms with Crippen LogP contribution >= 0.6 is 11.3 Å². The Hall–Kier alpha value is -3.49. The number of piperazine rings is 1. The third kappa shape index (κ3) is 5.81. The van der Waals surface area contributed by atoms with Crippen molar-refractivity contribution in [2.75, 3.05) is 37.6 Å². The molecule has 0 unspecified atom stereocenters. The molecule has 7 nitrogen and oxygen atoms in total. The predicted octanol–water partition coefficient (Wildman–Crippen LogP) is 4.85. The number of imide groups is 1. The van der Waals surface area contributed by atoms with Gasteiger partial charge in [0.05, 0.1) is 27.8 Å². The van der Waals surface area contributed by atoms with Crippen LogP contribution < -0.4 is 4.90 Å². The fourth-order valence-electron chi connectivity index (χ4n) is 4.76. The first-order chi connectivity index (χ1) is 18.1. The zero-order valence-electron chi connectivity index (χ0n) is 20.9. The van der Waals surface area contributed by atoms with Crippen LogP contribution in [0, 0.1) is 11.3 Å². The number of amides is 3. The Morgan fingerprint density at radius 1 is 1.05 bits per heavy atom. The SMILES string of the molecule is CC1=C(CCCCCN2CCN(C(=O)c3cccs3)CC2)C(=O)N(c2ccc(C#N)c(C(F)(F)F)c2)C1=O. The summed E-state index contributed by atoms with van der Waals surface area (Å²) in [4.78, 5) is 43.9. The third-order valence-electron chi connectivity index (χ3n) is 6.92. The van der Waals surface area contributed by atoms with Crippen LogP contribution in [0.2, 0.25) is 0 Å². The van der Waals surface area contributed by atoms with Crippen molar-refractivity contribution in [3.63, 3.8) is 0 Å². The van der Waals surface area contributed by atoms with Crippen LogP contribution in [0.3, 0.4) is 0 Å². The molecule has 2 aromatic rings. The minimum absolute atomic E-state index is 0.0729. The number of rotatable bonds is 8. The quantitative estimate of drug-likeness (QED) is 0.351. The van der Waals surface area contributed by atoms with Gasteiger partial charge in [-0.05, 0) is 62.4 Å². The molecular formula is C27H27F3N4O3S. The summed E-state index contributed by atoms with van der Waals surface area (Å²) >= 11 is 1.44. The average molecular weight is 545 g/mol. The maximum atomic E-state index is 13.4. The van der Waals surface area contributed by atoms with E-state index in [4.69, 9.17) is 5.26 Å². The van der Waals surface area contributed by atoms with Crippen molar-refractivity contribution in [2.45, 2.75) is 38.8 Å². The molecule has 0 atom stereocenters. The number of halogens is 3. The van der Waals surface area contributed by atoms with Gasteiger partial charge in [-0.15, -0.1) is 11.3 Å². The summed E-state index contributed by atoms with van der Waals surface area (Å²) in [6.45, 7) is 5.34. The Kier molecular flexibility index (Phi) is 8.33. The summed E-state index contributed by atoms with van der Waals surface area (Å²) in [7, 11) is 0. The molecule has 38 heavy (non-hydrogen) atoms. The zero-order valence-corrected chi connectivity index (χ0v) is 21.7. The number of anilines is 1. The lowest BCUT2D eigenvalue weighted by atomic mass is 10.0. The minimum atomic E-state index is -4.79. The van der Waals surface area contributed by atoms with Crippen molar-refractivity contribution in [2.24, 2.45) is 0 Å². The van der Waals surface area contributed by atoms with Crippen molar-refractivity contribution in [3.05, 3.63) is 62.9 Å². The maximum Gasteiger partial charge on any atom is 0.417 e. The Balaban J connectivity index is 1.25. The highest BCUT2D eigenvalue weighted by molar-refractivity contribution is 7.12. The molecule has 0 aliphatic carbocycles. The summed E-state index contributed by atoms with van der Waals surface area (Å²) in [5.41, 5.74) is -1.40. The number of unbranched alkanes of at least 4 members (excludes halogenated alkanes) is 2. The highest BCUT2D eigenvalue weighted by Crippen LogP contribution is 2.37. The molecule has 4 rings (SSSR count). The number of hydrogen-bond acceptors (Lipinski definition) is 6. The number of thiophene rings is 1. The number of hydrogen-bond donors (Lipinski definition) is 0. The first kappa shape index (κ1) is 27.5. The van der Waals surface area contributed by atoms with E-state index in [2.05, 4.69) is 4.90 Å². The molecule has 2 aliphatic heterocycles. The van der Waals surface area contributed by atoms with E-state index < -0.39 is 29.1 Å². The molecule has 0 bridgehead atoms. The zero-order chi connectivity index (χ0) is 27.4. The molecule has 1 aromatic heterocycles. The first-order valence-corrected chi connectivity index (χ1v) is 13.2. The van der Waals surface area contributed by atoms with Crippen molar-refractivity contribution >= 4 is 34.7 Å². The Morgan fingerprint density at radius 2 is 1.79 bits per heavy atom. The number of carbonyl (C=O) groups is 3. The lowest BCUT2D eigenvalue weighted by Crippen LogP contribution is -2.48. The second-order valence-electron chi connectivity index (χ2n) is 9.31. The van der Waals surface area contributed by atoms with Crippen molar-refractivity contribution in [3.8, 4) is 6.07 Å². The smallest absolute Gasteiger partial charge is 0.335 e. The second kappa shape index (κ2) is 11.5. The van der Waals surface area contributed by atoms with E-state index >= 15 is 0 Å². The molecule has 11 heteroatoms. The molecule has 0 spiro atoms. The third-order valence-corrected chi connectivity index (χ3v) is 7.78. The highest BCUT2D eigenvalue weighted by atomic mass is 32.1. The van der Waals surface area contributed by atoms with Gasteiger partial charge in [0.15, 0.2) is 0 Å². The molecule has 0 N–H and O–H groups in total. The standard InChI is InChI=1S/C27H27F3N4O3S/c1-18-21(25(36)34(24(18)35)20-9-8-19(17-31)22(16-20)27(28,29)30)6-3-2-4-10-32-11-13-33(14-12-32)26(37)23-7-5-15-38-23/h5,7-9,15-16H,2-4,6,10-14H2,1H3. The van der Waals surface area contributed by atoms with Gasteiger partial charge < -0.3 is 4.90 Å². The lowest BCUT2D eigenvalue weighted by Gasteiger charge is -2.34. The molecule has 1 saturated heterocycles. The van der Waals surface area contributed by atoms with E-state index in [1.54, 1.807) is 0 Å². The number of nitrogens with zero attached hydrogens (tertiary/aromatic N) is 4. The van der Waals surface area contributed by atoms with Crippen molar-refractivity contribution < 1.29 is 27.6 Å². The van der Waals surface area contributed by atoms with Crippen LogP contribution in [-0.4, -0.2) is 60.2 Å². The van der Waals surface area contributed by atoms with Gasteiger partial charge in [-0.1, -0.05) is 12.5 Å². The topological polar surface area (TPSA) is 84.7 Å². The van der Waals surface area contributed by atoms with E-state index in [0.29, 0.717) is 37.6 Å². The molecule has 2 aliphatic rings. The van der Waals surface area contributed by atoms with Gasteiger partial charge in [-0.25, -0.2) is 4.90 Å². The molecule has 0 saturated carbocycles. The van der Waals surface area contributed by atoms with E-state index in [0.717, 1.165) is 48.3 Å². The summed E-state index contributed by atoms with van der Waals surface area (Å²) in [6, 6.07) is 8.05. The Labute approximate surface area is 222 Å². The number of benzene rings is 1. The molecule has 1 aromatic carbocycles. The number of alkyl halides is 3. The monoisotopic (exact) mass is 544 g/mol. The fraction of sp³-hybridized carbons (Fsp3) is 0.407. The van der Waals surface area contributed by atoms with Gasteiger partial charge in [0.2, 0.25) is 0 Å². The average Bonchev–Trinajstić information content (AvgIpc) is 3.51. The summed E-state index contributed by atoms with van der Waals surface area (Å²) in [5, 5.41) is 10.9. The normalized spacial score (nSPS) is 16.9. The van der Waals surface area contributed by atoms with E-state index in [9.17, 15) is 27.6 Å². The van der Waals surface area contributed by atoms with Crippen LogP contribution in [-0.2, 0) is 15.8 Å². The van der Waals surface area contributed by atoms with Crippen molar-refractivity contribution in [1.29, 1.82) is 5.26 Å². The van der Waals surface area contributed by atoms with Gasteiger partial charge >= 0.3 is 6.18 Å². The fourth-order valence-corrected chi connectivity index (χ4v) is 5.45. The Bertz CT molecular complexity index is 1290. The molecule has 200 valence electrons. The van der Waals surface area contributed by atoms with Gasteiger partial charge in [-0.2, -0.15) is 18.4 Å². The largest absolute Gasteiger partial charge is 0.417 e. The van der Waals surface area contributed by atoms with Crippen LogP contribution in [0.25, 0.3) is 0 Å². The molecule has 1 fully saturated rings. The van der Waals surface area contributed by atoms with Crippen molar-refractivity contribution in [1.82, 2.24) is 9.80 Å². The Morgan fingerprint density at radius 3 is 2.42 bits per heavy atom. The van der Waals surface area contributed by atoms with Gasteiger partial charge in [0.1, 0.15) is 0 Å². The molecular weight excluding hydrogens is 517 g/mol. The van der Waals surface area contributed by atoms with E-state index in [1.807, 2.05) is 22.4 Å². The van der Waals surface area contributed by atoms with E-state index in [-0.39, 0.29) is 17.2 Å². The van der Waals surface area contributed by atoms with Gasteiger partial charge in [0.25, 0.3) is 17.7 Å². The summed E-state index contributed by atoms with van der Waals surface area (Å²) < 4.78 is 40.1. The lowest BCUT2D eigenvalue weighted by molar-refractivity contribution is -0.138. The van der Waals surface area contributed by atoms with Crippen LogP contribution in [0.5, 0.6) is 0 Å². The first-order valence-electron chi connectivity index (χ1n) is 12.4. The van der Waals surface area contributed by atoms with Crippen LogP contribution in [0.4, 0.5) is 18.9 Å². The minimum Gasteiger partial charge on any atom is -0.335 e. The molecule has 3 heterocycles. The number of carbonyl (C=O) groups excluding carboxylic acids is 3. The molecule has 0 radical (unpaired) electrons. The van der Waals surface area contributed by atoms with Crippen LogP contribution in [0.15, 0.2) is 46.9 Å². The van der Waals surface area contributed by atoms with E-state index in [1.165, 1.54) is 30.4 Å². The van der Waals surface area contributed by atoms with Crippen LogP contribution in [0.1, 0.15) is 53.4 Å².